The molecular formula is C24H28N2O3. The van der Waals surface area contributed by atoms with Crippen LogP contribution < -0.4 is 4.74 Å². The summed E-state index contributed by atoms with van der Waals surface area (Å²) < 4.78 is 11.0. The summed E-state index contributed by atoms with van der Waals surface area (Å²) in [5.74, 6) is 1.50. The Morgan fingerprint density at radius 1 is 1.10 bits per heavy atom. The fraction of sp³-hybridized carbons (Fsp3) is 0.333. The third kappa shape index (κ3) is 5.05. The molecule has 0 saturated carbocycles. The minimum Gasteiger partial charge on any atom is -0.489 e. The van der Waals surface area contributed by atoms with Gasteiger partial charge in [0.1, 0.15) is 18.1 Å². The van der Waals surface area contributed by atoms with Crippen LogP contribution in [0.2, 0.25) is 0 Å². The summed E-state index contributed by atoms with van der Waals surface area (Å²) in [5, 5.41) is 3.94. The van der Waals surface area contributed by atoms with Crippen molar-refractivity contribution in [1.82, 2.24) is 10.1 Å². The zero-order valence-corrected chi connectivity index (χ0v) is 17.5. The Bertz CT molecular complexity index is 913. The number of hydrogen-bond acceptors (Lipinski definition) is 4. The SMILES string of the molecule is CCC(C)N(Cc1ccccc1)C(=O)c1ccc(OCc2c(C)noc2C)cc1. The van der Waals surface area contributed by atoms with Crippen molar-refractivity contribution in [3.63, 3.8) is 0 Å². The van der Waals surface area contributed by atoms with Gasteiger partial charge >= 0.3 is 0 Å². The van der Waals surface area contributed by atoms with E-state index in [0.717, 1.165) is 29.0 Å². The van der Waals surface area contributed by atoms with Gasteiger partial charge in [-0.3, -0.25) is 4.79 Å². The largest absolute Gasteiger partial charge is 0.489 e. The van der Waals surface area contributed by atoms with E-state index in [9.17, 15) is 4.79 Å². The lowest BCUT2D eigenvalue weighted by Crippen LogP contribution is -2.37. The number of rotatable bonds is 8. The van der Waals surface area contributed by atoms with Crippen LogP contribution in [0.3, 0.4) is 0 Å². The van der Waals surface area contributed by atoms with E-state index >= 15 is 0 Å². The topological polar surface area (TPSA) is 55.6 Å². The van der Waals surface area contributed by atoms with E-state index in [1.807, 2.05) is 73.3 Å². The molecule has 0 fully saturated rings. The highest BCUT2D eigenvalue weighted by molar-refractivity contribution is 5.94. The highest BCUT2D eigenvalue weighted by atomic mass is 16.5. The molecule has 2 aromatic carbocycles. The first-order valence-corrected chi connectivity index (χ1v) is 9.99. The van der Waals surface area contributed by atoms with Crippen LogP contribution in [-0.2, 0) is 13.2 Å². The van der Waals surface area contributed by atoms with E-state index in [-0.39, 0.29) is 11.9 Å². The number of nitrogens with zero attached hydrogens (tertiary/aromatic N) is 2. The summed E-state index contributed by atoms with van der Waals surface area (Å²) in [6.07, 6.45) is 0.900. The van der Waals surface area contributed by atoms with Gasteiger partial charge in [-0.25, -0.2) is 0 Å². The first-order chi connectivity index (χ1) is 14.0. The fourth-order valence-corrected chi connectivity index (χ4v) is 3.15. The third-order valence-electron chi connectivity index (χ3n) is 5.25. The summed E-state index contributed by atoms with van der Waals surface area (Å²) in [6.45, 7) is 8.94. The van der Waals surface area contributed by atoms with Crippen molar-refractivity contribution in [2.45, 2.75) is 53.3 Å². The molecule has 0 radical (unpaired) electrons. The van der Waals surface area contributed by atoms with Gasteiger partial charge in [0.05, 0.1) is 11.3 Å². The molecule has 1 heterocycles. The van der Waals surface area contributed by atoms with Gasteiger partial charge in [-0.1, -0.05) is 42.4 Å². The van der Waals surface area contributed by atoms with Crippen LogP contribution in [0.25, 0.3) is 0 Å². The number of aromatic nitrogens is 1. The van der Waals surface area contributed by atoms with Crippen LogP contribution in [-0.4, -0.2) is 22.0 Å². The van der Waals surface area contributed by atoms with Gasteiger partial charge in [-0.15, -0.1) is 0 Å². The number of amides is 1. The number of ether oxygens (including phenoxy) is 1. The second-order valence-corrected chi connectivity index (χ2v) is 7.29. The molecule has 0 aliphatic heterocycles. The van der Waals surface area contributed by atoms with E-state index in [1.165, 1.54) is 0 Å². The Morgan fingerprint density at radius 2 is 1.79 bits per heavy atom. The smallest absolute Gasteiger partial charge is 0.254 e. The molecule has 1 amide bonds. The zero-order chi connectivity index (χ0) is 20.8. The maximum Gasteiger partial charge on any atom is 0.254 e. The van der Waals surface area contributed by atoms with Crippen molar-refractivity contribution in [1.29, 1.82) is 0 Å². The number of carbonyl (C=O) groups excluding carboxylic acids is 1. The van der Waals surface area contributed by atoms with Crippen LogP contribution in [0, 0.1) is 13.8 Å². The van der Waals surface area contributed by atoms with E-state index < -0.39 is 0 Å². The molecule has 3 rings (SSSR count). The van der Waals surface area contributed by atoms with E-state index in [2.05, 4.69) is 19.0 Å². The predicted molar refractivity (Wildman–Crippen MR) is 113 cm³/mol. The lowest BCUT2D eigenvalue weighted by Gasteiger charge is -2.29. The van der Waals surface area contributed by atoms with Gasteiger partial charge in [-0.05, 0) is 57.0 Å². The van der Waals surface area contributed by atoms with Crippen molar-refractivity contribution >= 4 is 5.91 Å². The zero-order valence-electron chi connectivity index (χ0n) is 17.5. The summed E-state index contributed by atoms with van der Waals surface area (Å²) in [4.78, 5) is 15.1. The van der Waals surface area contributed by atoms with Gasteiger partial charge in [0.2, 0.25) is 0 Å². The minimum absolute atomic E-state index is 0.0282. The molecule has 0 saturated heterocycles. The van der Waals surface area contributed by atoms with Gasteiger partial charge < -0.3 is 14.2 Å². The van der Waals surface area contributed by atoms with Crippen molar-refractivity contribution < 1.29 is 14.1 Å². The Morgan fingerprint density at radius 3 is 2.38 bits per heavy atom. The van der Waals surface area contributed by atoms with Gasteiger partial charge in [0.25, 0.3) is 5.91 Å². The number of carbonyl (C=O) groups is 1. The second kappa shape index (κ2) is 9.41. The third-order valence-corrected chi connectivity index (χ3v) is 5.25. The molecule has 0 aliphatic carbocycles. The Balaban J connectivity index is 1.70. The fourth-order valence-electron chi connectivity index (χ4n) is 3.15. The Kier molecular flexibility index (Phi) is 6.70. The minimum atomic E-state index is 0.0282. The maximum absolute atomic E-state index is 13.2. The molecule has 5 nitrogen and oxygen atoms in total. The first-order valence-electron chi connectivity index (χ1n) is 9.99. The standard InChI is InChI=1S/C24H28N2O3/c1-5-17(2)26(15-20-9-7-6-8-10-20)24(27)21-11-13-22(14-12-21)28-16-23-18(3)25-29-19(23)4/h6-14,17H,5,15-16H2,1-4H3. The molecule has 1 aromatic heterocycles. The van der Waals surface area contributed by atoms with Crippen LogP contribution in [0.1, 0.15) is 53.2 Å². The van der Waals surface area contributed by atoms with E-state index in [0.29, 0.717) is 24.5 Å². The van der Waals surface area contributed by atoms with Crippen molar-refractivity contribution in [3.8, 4) is 5.75 Å². The quantitative estimate of drug-likeness (QED) is 0.521. The highest BCUT2D eigenvalue weighted by Gasteiger charge is 2.21. The molecule has 1 atom stereocenters. The van der Waals surface area contributed by atoms with Crippen molar-refractivity contribution in [3.05, 3.63) is 82.7 Å². The summed E-state index contributed by atoms with van der Waals surface area (Å²) in [5.41, 5.74) is 3.57. The van der Waals surface area contributed by atoms with Crippen LogP contribution >= 0.6 is 0 Å². The highest BCUT2D eigenvalue weighted by Crippen LogP contribution is 2.20. The maximum atomic E-state index is 13.2. The second-order valence-electron chi connectivity index (χ2n) is 7.29. The monoisotopic (exact) mass is 392 g/mol. The molecule has 0 N–H and O–H groups in total. The molecule has 29 heavy (non-hydrogen) atoms. The van der Waals surface area contributed by atoms with E-state index in [1.54, 1.807) is 0 Å². The predicted octanol–water partition coefficient (Wildman–Crippen LogP) is 5.31. The Labute approximate surface area is 172 Å². The molecule has 1 unspecified atom stereocenters. The normalized spacial score (nSPS) is 11.9. The van der Waals surface area contributed by atoms with Crippen molar-refractivity contribution in [2.75, 3.05) is 0 Å². The van der Waals surface area contributed by atoms with Crippen LogP contribution in [0.4, 0.5) is 0 Å². The number of aryl methyl sites for hydroxylation is 2. The summed E-state index contributed by atoms with van der Waals surface area (Å²) >= 11 is 0. The number of benzene rings is 2. The average Bonchev–Trinajstić information content (AvgIpc) is 3.08. The lowest BCUT2D eigenvalue weighted by molar-refractivity contribution is 0.0671. The molecular weight excluding hydrogens is 364 g/mol. The molecule has 0 bridgehead atoms. The first kappa shape index (κ1) is 20.6. The van der Waals surface area contributed by atoms with Gasteiger partial charge in [0.15, 0.2) is 0 Å². The molecule has 0 aliphatic rings. The average molecular weight is 392 g/mol. The van der Waals surface area contributed by atoms with Gasteiger partial charge in [-0.2, -0.15) is 0 Å². The number of hydrogen-bond donors (Lipinski definition) is 0. The molecule has 5 heteroatoms. The lowest BCUT2D eigenvalue weighted by atomic mass is 10.1. The molecule has 152 valence electrons. The van der Waals surface area contributed by atoms with Gasteiger partial charge in [0, 0.05) is 18.2 Å². The molecule has 0 spiro atoms. The van der Waals surface area contributed by atoms with Crippen LogP contribution in [0.15, 0.2) is 59.1 Å². The van der Waals surface area contributed by atoms with E-state index in [4.69, 9.17) is 9.26 Å². The molecule has 3 aromatic rings. The van der Waals surface area contributed by atoms with Crippen molar-refractivity contribution in [2.24, 2.45) is 0 Å². The summed E-state index contributed by atoms with van der Waals surface area (Å²) in [7, 11) is 0. The van der Waals surface area contributed by atoms with Crippen LogP contribution in [0.5, 0.6) is 5.75 Å². The Hall–Kier alpha value is -3.08. The summed E-state index contributed by atoms with van der Waals surface area (Å²) in [6, 6.07) is 17.6.